The van der Waals surface area contributed by atoms with Gasteiger partial charge in [-0.3, -0.25) is 9.69 Å². The molecule has 0 aromatic heterocycles. The fraction of sp³-hybridized carbons (Fsp3) is 0.955. The van der Waals surface area contributed by atoms with Crippen LogP contribution in [0.15, 0.2) is 0 Å². The Morgan fingerprint density at radius 1 is 0.960 bits per heavy atom. The summed E-state index contributed by atoms with van der Waals surface area (Å²) in [5, 5.41) is 0. The van der Waals surface area contributed by atoms with Crippen LogP contribution in [0.5, 0.6) is 0 Å². The number of rotatable bonds is 5. The molecule has 0 aliphatic heterocycles. The van der Waals surface area contributed by atoms with Gasteiger partial charge in [-0.1, -0.05) is 74.7 Å². The number of likely N-dealkylation sites (N-methyl/N-ethyl adjacent to an activating group) is 1. The largest absolute Gasteiger partial charge is 0.333 e. The molecular weight excluding hydrogens is 308 g/mol. The number of nitrogens with zero attached hydrogens (tertiary/aromatic N) is 1. The van der Waals surface area contributed by atoms with Crippen molar-refractivity contribution in [2.75, 3.05) is 20.6 Å². The summed E-state index contributed by atoms with van der Waals surface area (Å²) in [4.78, 5) is 14.1. The van der Waals surface area contributed by atoms with E-state index in [0.29, 0.717) is 12.3 Å². The first-order valence-electron chi connectivity index (χ1n) is 10.7. The number of hydrogen-bond acceptors (Lipinski definition) is 3. The Labute approximate surface area is 161 Å². The Bertz CT molecular complexity index is 257. The summed E-state index contributed by atoms with van der Waals surface area (Å²) in [6, 6.07) is 0. The fourth-order valence-electron chi connectivity index (χ4n) is 2.74. The number of ketones is 1. The molecule has 156 valence electrons. The normalized spacial score (nSPS) is 13.9. The van der Waals surface area contributed by atoms with Crippen molar-refractivity contribution in [3.8, 4) is 0 Å². The summed E-state index contributed by atoms with van der Waals surface area (Å²) in [5.74, 6) is 1.26. The van der Waals surface area contributed by atoms with Gasteiger partial charge < -0.3 is 5.73 Å². The average Bonchev–Trinajstić information content (AvgIpc) is 2.68. The minimum absolute atomic E-state index is 0.152. The van der Waals surface area contributed by atoms with Gasteiger partial charge in [0.15, 0.2) is 0 Å². The molecule has 25 heavy (non-hydrogen) atoms. The summed E-state index contributed by atoms with van der Waals surface area (Å²) < 4.78 is 0. The number of carbonyl (C=O) groups excluding carboxylic acids is 1. The van der Waals surface area contributed by atoms with Crippen LogP contribution in [-0.4, -0.2) is 36.9 Å². The monoisotopic (exact) mass is 360 g/mol. The second-order valence-electron chi connectivity index (χ2n) is 6.47. The standard InChI is InChI=1S/C15H29NO.3C2H6.CH5N/c1-12(2)14(17)11-16(5)15(3,4)13-9-7-6-8-10-13;4*1-2/h12-13H,6-11H2,1-5H3;3*1-2H3;2H2,1H3. The molecule has 0 heterocycles. The van der Waals surface area contributed by atoms with Crippen molar-refractivity contribution in [2.24, 2.45) is 17.6 Å². The molecule has 1 aliphatic carbocycles. The molecule has 0 saturated heterocycles. The Morgan fingerprint density at radius 3 is 1.64 bits per heavy atom. The lowest BCUT2D eigenvalue weighted by Crippen LogP contribution is -2.50. The zero-order chi connectivity index (χ0) is 21.1. The van der Waals surface area contributed by atoms with Crippen LogP contribution in [0.25, 0.3) is 0 Å². The van der Waals surface area contributed by atoms with Crippen molar-refractivity contribution < 1.29 is 4.79 Å². The lowest BCUT2D eigenvalue weighted by atomic mass is 9.76. The predicted molar refractivity (Wildman–Crippen MR) is 117 cm³/mol. The van der Waals surface area contributed by atoms with Gasteiger partial charge in [0.05, 0.1) is 6.54 Å². The van der Waals surface area contributed by atoms with E-state index in [1.165, 1.54) is 39.2 Å². The van der Waals surface area contributed by atoms with Crippen LogP contribution in [0, 0.1) is 11.8 Å². The molecule has 0 amide bonds. The Balaban J connectivity index is -0.000000241. The van der Waals surface area contributed by atoms with E-state index in [1.807, 2.05) is 55.4 Å². The van der Waals surface area contributed by atoms with Gasteiger partial charge in [-0.2, -0.15) is 0 Å². The van der Waals surface area contributed by atoms with Crippen LogP contribution in [0.1, 0.15) is 101 Å². The zero-order valence-corrected chi connectivity index (χ0v) is 19.8. The molecule has 3 nitrogen and oxygen atoms in total. The first-order valence-corrected chi connectivity index (χ1v) is 10.7. The molecule has 1 saturated carbocycles. The molecule has 0 aromatic rings. The Morgan fingerprint density at radius 2 is 1.32 bits per heavy atom. The lowest BCUT2D eigenvalue weighted by Gasteiger charge is -2.44. The van der Waals surface area contributed by atoms with E-state index in [4.69, 9.17) is 0 Å². The topological polar surface area (TPSA) is 46.3 Å². The van der Waals surface area contributed by atoms with Crippen molar-refractivity contribution in [1.29, 1.82) is 0 Å². The third-order valence-corrected chi connectivity index (χ3v) is 4.63. The van der Waals surface area contributed by atoms with Gasteiger partial charge in [-0.15, -0.1) is 0 Å². The van der Waals surface area contributed by atoms with Gasteiger partial charge >= 0.3 is 0 Å². The van der Waals surface area contributed by atoms with Gasteiger partial charge in [0.2, 0.25) is 0 Å². The number of hydrogen-bond donors (Lipinski definition) is 1. The molecule has 0 radical (unpaired) electrons. The molecule has 2 N–H and O–H groups in total. The van der Waals surface area contributed by atoms with E-state index < -0.39 is 0 Å². The van der Waals surface area contributed by atoms with E-state index in [-0.39, 0.29) is 11.5 Å². The molecule has 3 heteroatoms. The smallest absolute Gasteiger partial charge is 0.149 e. The highest BCUT2D eigenvalue weighted by atomic mass is 16.1. The third-order valence-electron chi connectivity index (χ3n) is 4.63. The van der Waals surface area contributed by atoms with E-state index in [9.17, 15) is 4.79 Å². The molecule has 0 bridgehead atoms. The van der Waals surface area contributed by atoms with Crippen molar-refractivity contribution in [3.63, 3.8) is 0 Å². The minimum Gasteiger partial charge on any atom is -0.333 e. The number of Topliss-reactive ketones (excluding diaryl/α,β-unsaturated/α-hetero) is 1. The minimum atomic E-state index is 0.152. The number of carbonyl (C=O) groups is 1. The summed E-state index contributed by atoms with van der Waals surface area (Å²) in [7, 11) is 3.61. The zero-order valence-electron chi connectivity index (χ0n) is 19.8. The molecule has 1 fully saturated rings. The molecular formula is C22H52N2O. The average molecular weight is 361 g/mol. The van der Waals surface area contributed by atoms with E-state index >= 15 is 0 Å². The van der Waals surface area contributed by atoms with Gasteiger partial charge in [-0.25, -0.2) is 0 Å². The number of nitrogens with two attached hydrogens (primary N) is 1. The van der Waals surface area contributed by atoms with Crippen LogP contribution in [0.3, 0.4) is 0 Å². The van der Waals surface area contributed by atoms with Crippen molar-refractivity contribution in [2.45, 2.75) is 107 Å². The summed E-state index contributed by atoms with van der Waals surface area (Å²) >= 11 is 0. The second kappa shape index (κ2) is 21.6. The second-order valence-corrected chi connectivity index (χ2v) is 6.47. The predicted octanol–water partition coefficient (Wildman–Crippen LogP) is 6.16. The highest BCUT2D eigenvalue weighted by Crippen LogP contribution is 2.35. The Hall–Kier alpha value is -0.410. The first kappa shape index (κ1) is 32.3. The Kier molecular flexibility index (Phi) is 27.9. The molecule has 1 aliphatic rings. The van der Waals surface area contributed by atoms with Gasteiger partial charge in [0.25, 0.3) is 0 Å². The van der Waals surface area contributed by atoms with E-state index in [2.05, 4.69) is 31.5 Å². The van der Waals surface area contributed by atoms with Gasteiger partial charge in [0.1, 0.15) is 5.78 Å². The molecule has 0 aromatic carbocycles. The van der Waals surface area contributed by atoms with Gasteiger partial charge in [-0.05, 0) is 46.7 Å². The maximum atomic E-state index is 11.8. The first-order chi connectivity index (χ1) is 11.9. The third kappa shape index (κ3) is 14.4. The van der Waals surface area contributed by atoms with E-state index in [0.717, 1.165) is 5.92 Å². The van der Waals surface area contributed by atoms with Crippen LogP contribution < -0.4 is 5.73 Å². The molecule has 0 unspecified atom stereocenters. The van der Waals surface area contributed by atoms with Crippen LogP contribution in [0.4, 0.5) is 0 Å². The van der Waals surface area contributed by atoms with E-state index in [1.54, 1.807) is 0 Å². The maximum Gasteiger partial charge on any atom is 0.149 e. The highest BCUT2D eigenvalue weighted by molar-refractivity contribution is 5.82. The fourth-order valence-corrected chi connectivity index (χ4v) is 2.74. The summed E-state index contributed by atoms with van der Waals surface area (Å²) in [6.45, 7) is 21.2. The van der Waals surface area contributed by atoms with Crippen LogP contribution in [0.2, 0.25) is 0 Å². The summed E-state index contributed by atoms with van der Waals surface area (Å²) in [6.07, 6.45) is 6.77. The molecule has 1 rings (SSSR count). The van der Waals surface area contributed by atoms with Crippen LogP contribution >= 0.6 is 0 Å². The quantitative estimate of drug-likeness (QED) is 0.639. The van der Waals surface area contributed by atoms with Crippen molar-refractivity contribution >= 4 is 5.78 Å². The highest BCUT2D eigenvalue weighted by Gasteiger charge is 2.34. The lowest BCUT2D eigenvalue weighted by molar-refractivity contribution is -0.124. The van der Waals surface area contributed by atoms with Crippen LogP contribution in [-0.2, 0) is 4.79 Å². The van der Waals surface area contributed by atoms with Gasteiger partial charge in [0, 0.05) is 11.5 Å². The SMILES string of the molecule is CC.CC.CC.CC(C)C(=O)CN(C)C(C)(C)C1CCCCC1.CN. The van der Waals surface area contributed by atoms with Crippen molar-refractivity contribution in [1.82, 2.24) is 4.90 Å². The molecule has 0 spiro atoms. The maximum absolute atomic E-state index is 11.8. The summed E-state index contributed by atoms with van der Waals surface area (Å²) in [5.41, 5.74) is 4.66. The van der Waals surface area contributed by atoms with Crippen molar-refractivity contribution in [3.05, 3.63) is 0 Å². The molecule has 0 atom stereocenters.